The minimum atomic E-state index is -3.37. The van der Waals surface area contributed by atoms with Crippen LogP contribution in [0.2, 0.25) is 0 Å². The number of benzene rings is 2. The van der Waals surface area contributed by atoms with Crippen LogP contribution in [0, 0.1) is 16.7 Å². The number of nitrogens with zero attached hydrogens (tertiary/aromatic N) is 5. The first kappa shape index (κ1) is 23.4. The van der Waals surface area contributed by atoms with E-state index in [2.05, 4.69) is 19.9 Å². The number of aromatic nitrogens is 2. The molecular weight excluding hydrogens is 450 g/mol. The van der Waals surface area contributed by atoms with E-state index in [0.29, 0.717) is 28.3 Å². The maximum atomic E-state index is 11.8. The Morgan fingerprint density at radius 1 is 1.24 bits per heavy atom. The molecule has 0 radical (unpaired) electrons. The second-order valence-corrected chi connectivity index (χ2v) is 8.97. The van der Waals surface area contributed by atoms with Crippen molar-refractivity contribution in [1.82, 2.24) is 9.78 Å². The van der Waals surface area contributed by atoms with E-state index in [-0.39, 0.29) is 30.1 Å². The van der Waals surface area contributed by atoms with Crippen LogP contribution in [0.4, 0.5) is 5.69 Å². The minimum Gasteiger partial charge on any atom is -0.411 e. The summed E-state index contributed by atoms with van der Waals surface area (Å²) in [6.07, 6.45) is 1.52. The first-order valence-corrected chi connectivity index (χ1v) is 11.5. The lowest BCUT2D eigenvalue weighted by atomic mass is 10.1. The molecule has 1 N–H and O–H groups in total. The molecule has 0 spiro atoms. The average molecular weight is 469 g/mol. The van der Waals surface area contributed by atoms with Crippen molar-refractivity contribution in [2.24, 2.45) is 5.16 Å². The summed E-state index contributed by atoms with van der Waals surface area (Å²) in [5.74, 6) is 0. The van der Waals surface area contributed by atoms with Crippen LogP contribution in [0.5, 0.6) is 0 Å². The van der Waals surface area contributed by atoms with E-state index in [0.717, 1.165) is 6.26 Å². The number of oxime groups is 1. The van der Waals surface area contributed by atoms with Gasteiger partial charge >= 0.3 is 0 Å². The normalized spacial score (nSPS) is 11.7. The molecule has 0 bridgehead atoms. The van der Waals surface area contributed by atoms with Crippen LogP contribution in [0.3, 0.4) is 0 Å². The van der Waals surface area contributed by atoms with Gasteiger partial charge in [-0.05, 0) is 43.2 Å². The van der Waals surface area contributed by atoms with Crippen molar-refractivity contribution in [1.29, 1.82) is 0 Å². The molecule has 12 heteroatoms. The van der Waals surface area contributed by atoms with Crippen molar-refractivity contribution in [3.63, 3.8) is 0 Å². The average Bonchev–Trinajstić information content (AvgIpc) is 3.23. The van der Waals surface area contributed by atoms with E-state index in [4.69, 9.17) is 6.57 Å². The van der Waals surface area contributed by atoms with Gasteiger partial charge in [-0.2, -0.15) is 5.10 Å². The second kappa shape index (κ2) is 9.92. The van der Waals surface area contributed by atoms with Gasteiger partial charge in [-0.1, -0.05) is 29.4 Å². The van der Waals surface area contributed by atoms with E-state index < -0.39 is 14.9 Å². The lowest BCUT2D eigenvalue weighted by Gasteiger charge is -2.08. The molecule has 0 aliphatic heterocycles. The zero-order valence-corrected chi connectivity index (χ0v) is 18.3. The Balaban J connectivity index is 2.02. The van der Waals surface area contributed by atoms with Crippen LogP contribution < -0.4 is 0 Å². The smallest absolute Gasteiger partial charge is 0.294 e. The number of rotatable bonds is 9. The number of hydrogen-bond donors (Lipinski definition) is 1. The molecule has 0 fully saturated rings. The Morgan fingerprint density at radius 2 is 1.91 bits per heavy atom. The highest BCUT2D eigenvalue weighted by Gasteiger charge is 2.17. The van der Waals surface area contributed by atoms with Gasteiger partial charge in [-0.3, -0.25) is 0 Å². The lowest BCUT2D eigenvalue weighted by Crippen LogP contribution is -2.08. The summed E-state index contributed by atoms with van der Waals surface area (Å²) in [5.41, 5.74) is 2.86. The number of hydrogen-bond acceptors (Lipinski definition) is 8. The molecule has 3 aromatic rings. The van der Waals surface area contributed by atoms with Crippen molar-refractivity contribution < 1.29 is 23.5 Å². The molecule has 1 aromatic heterocycles. The molecule has 33 heavy (non-hydrogen) atoms. The third kappa shape index (κ3) is 5.72. The van der Waals surface area contributed by atoms with Crippen LogP contribution in [0.1, 0.15) is 18.5 Å². The molecule has 0 atom stereocenters. The van der Waals surface area contributed by atoms with Gasteiger partial charge in [-0.15, -0.1) is 10.1 Å². The highest BCUT2D eigenvalue weighted by atomic mass is 32.2. The molecule has 0 unspecified atom stereocenters. The third-order valence-electron chi connectivity index (χ3n) is 4.68. The maximum Gasteiger partial charge on any atom is 0.294 e. The zero-order chi connectivity index (χ0) is 24.0. The topological polar surface area (TPSA) is 141 Å². The van der Waals surface area contributed by atoms with Gasteiger partial charge in [0.1, 0.15) is 11.4 Å². The van der Waals surface area contributed by atoms with Gasteiger partial charge in [0, 0.05) is 11.8 Å². The van der Waals surface area contributed by atoms with Crippen LogP contribution in [0.25, 0.3) is 21.8 Å². The molecule has 2 aromatic carbocycles. The summed E-state index contributed by atoms with van der Waals surface area (Å²) in [7, 11) is -3.37. The monoisotopic (exact) mass is 469 g/mol. The first-order valence-electron chi connectivity index (χ1n) is 9.60. The van der Waals surface area contributed by atoms with E-state index in [1.165, 1.54) is 12.1 Å². The quantitative estimate of drug-likeness (QED) is 0.126. The van der Waals surface area contributed by atoms with Crippen molar-refractivity contribution in [2.45, 2.75) is 17.7 Å². The fourth-order valence-corrected chi connectivity index (χ4v) is 3.70. The fraction of sp³-hybridized carbons (Fsp3) is 0.190. The molecule has 0 amide bonds. The third-order valence-corrected chi connectivity index (χ3v) is 5.81. The summed E-state index contributed by atoms with van der Waals surface area (Å²) >= 11 is 0. The molecule has 0 saturated heterocycles. The van der Waals surface area contributed by atoms with E-state index in [1.807, 2.05) is 0 Å². The van der Waals surface area contributed by atoms with E-state index in [9.17, 15) is 23.7 Å². The van der Waals surface area contributed by atoms with Gasteiger partial charge in [0.2, 0.25) is 0 Å². The predicted octanol–water partition coefficient (Wildman–Crippen LogP) is 3.66. The summed E-state index contributed by atoms with van der Waals surface area (Å²) in [4.78, 5) is 18.1. The van der Waals surface area contributed by atoms with Crippen LogP contribution in [0.15, 0.2) is 64.6 Å². The van der Waals surface area contributed by atoms with Crippen molar-refractivity contribution >= 4 is 21.2 Å². The lowest BCUT2D eigenvalue weighted by molar-refractivity contribution is -0.757. The highest BCUT2D eigenvalue weighted by Crippen LogP contribution is 2.27. The standard InChI is InChI=1S/C21H19N5O6S/c1-22-16-7-9-17(10-8-16)25-21(15-5-11-18(12-6-15)33(2,30)31)14-20(23-25)19(24-27)4-3-13-32-26(28)29/h5-12,14,27H,3-4,13H2,2H3/b24-19+. The predicted molar refractivity (Wildman–Crippen MR) is 119 cm³/mol. The first-order chi connectivity index (χ1) is 15.7. The molecular formula is C21H19N5O6S. The summed E-state index contributed by atoms with van der Waals surface area (Å²) in [6.45, 7) is 6.95. The molecule has 0 aliphatic rings. The fourth-order valence-electron chi connectivity index (χ4n) is 3.07. The van der Waals surface area contributed by atoms with Gasteiger partial charge in [0.25, 0.3) is 5.09 Å². The minimum absolute atomic E-state index is 0.162. The molecule has 11 nitrogen and oxygen atoms in total. The SMILES string of the molecule is [C-]#[N+]c1ccc(-n2nc(/C(CCCO[N+](=O)[O-])=N/O)cc2-c2ccc(S(C)(=O)=O)cc2)cc1. The van der Waals surface area contributed by atoms with Crippen molar-refractivity contribution in [3.8, 4) is 16.9 Å². The molecule has 3 rings (SSSR count). The molecule has 1 heterocycles. The Kier molecular flexibility index (Phi) is 7.04. The van der Waals surface area contributed by atoms with E-state index >= 15 is 0 Å². The second-order valence-electron chi connectivity index (χ2n) is 6.96. The Morgan fingerprint density at radius 3 is 2.45 bits per heavy atom. The molecule has 0 aliphatic carbocycles. The Labute approximate surface area is 189 Å². The maximum absolute atomic E-state index is 11.8. The summed E-state index contributed by atoms with van der Waals surface area (Å²) < 4.78 is 25.2. The van der Waals surface area contributed by atoms with Crippen LogP contribution in [-0.4, -0.2) is 47.1 Å². The van der Waals surface area contributed by atoms with E-state index in [1.54, 1.807) is 47.1 Å². The Bertz CT molecular complexity index is 1320. The molecule has 0 saturated carbocycles. The van der Waals surface area contributed by atoms with Gasteiger partial charge in [0.05, 0.1) is 29.5 Å². The Hall–Kier alpha value is -4.24. The summed E-state index contributed by atoms with van der Waals surface area (Å²) in [5, 5.41) is 26.7. The highest BCUT2D eigenvalue weighted by molar-refractivity contribution is 7.90. The van der Waals surface area contributed by atoms with Crippen molar-refractivity contribution in [3.05, 3.63) is 81.8 Å². The largest absolute Gasteiger partial charge is 0.411 e. The van der Waals surface area contributed by atoms with Crippen LogP contribution >= 0.6 is 0 Å². The molecule has 170 valence electrons. The summed E-state index contributed by atoms with van der Waals surface area (Å²) in [6, 6.07) is 14.6. The van der Waals surface area contributed by atoms with Gasteiger partial charge in [0.15, 0.2) is 15.5 Å². The van der Waals surface area contributed by atoms with Crippen LogP contribution in [-0.2, 0) is 14.7 Å². The zero-order valence-electron chi connectivity index (χ0n) is 17.5. The van der Waals surface area contributed by atoms with Gasteiger partial charge < -0.3 is 10.0 Å². The van der Waals surface area contributed by atoms with Crippen molar-refractivity contribution in [2.75, 3.05) is 12.9 Å². The van der Waals surface area contributed by atoms with Gasteiger partial charge in [-0.25, -0.2) is 17.9 Å². The number of sulfone groups is 1.